The Morgan fingerprint density at radius 1 is 1.16 bits per heavy atom. The van der Waals surface area contributed by atoms with Crippen LogP contribution in [0.3, 0.4) is 0 Å². The summed E-state index contributed by atoms with van der Waals surface area (Å²) in [5.74, 6) is 1.89. The number of hydrogen-bond donors (Lipinski definition) is 2. The van der Waals surface area contributed by atoms with E-state index in [4.69, 9.17) is 19.9 Å². The summed E-state index contributed by atoms with van der Waals surface area (Å²) in [4.78, 5) is 0. The third-order valence-corrected chi connectivity index (χ3v) is 2.88. The molecular formula is C13H17N3O3. The Morgan fingerprint density at radius 2 is 1.79 bits per heavy atom. The maximum absolute atomic E-state index is 5.83. The number of nitrogen functional groups attached to an aromatic ring is 1. The molecule has 6 heteroatoms. The van der Waals surface area contributed by atoms with Crippen LogP contribution in [0.1, 0.15) is 5.56 Å². The monoisotopic (exact) mass is 263 g/mol. The molecule has 0 radical (unpaired) electrons. The number of anilines is 1. The predicted molar refractivity (Wildman–Crippen MR) is 72.3 cm³/mol. The topological polar surface area (TPSA) is 82.4 Å². The molecule has 0 amide bonds. The van der Waals surface area contributed by atoms with Crippen molar-refractivity contribution < 1.29 is 14.2 Å². The summed E-state index contributed by atoms with van der Waals surface area (Å²) in [6, 6.07) is 3.77. The molecule has 0 spiro atoms. The average molecular weight is 263 g/mol. The molecule has 0 aliphatic heterocycles. The van der Waals surface area contributed by atoms with Crippen LogP contribution in [0.4, 0.5) is 5.82 Å². The van der Waals surface area contributed by atoms with Crippen molar-refractivity contribution in [2.24, 2.45) is 0 Å². The quantitative estimate of drug-likeness (QED) is 0.859. The van der Waals surface area contributed by atoms with Crippen LogP contribution in [0, 0.1) is 0 Å². The molecule has 0 aliphatic carbocycles. The third-order valence-electron chi connectivity index (χ3n) is 2.88. The van der Waals surface area contributed by atoms with Crippen molar-refractivity contribution in [2.75, 3.05) is 27.1 Å². The molecule has 102 valence electrons. The highest BCUT2D eigenvalue weighted by Gasteiger charge is 2.15. The molecule has 0 fully saturated rings. The maximum Gasteiger partial charge on any atom is 0.128 e. The van der Waals surface area contributed by atoms with Gasteiger partial charge in [0.15, 0.2) is 0 Å². The van der Waals surface area contributed by atoms with Crippen molar-refractivity contribution in [3.8, 4) is 22.6 Å². The Labute approximate surface area is 111 Å². The fraction of sp³-hybridized carbons (Fsp3) is 0.308. The van der Waals surface area contributed by atoms with Gasteiger partial charge in [0, 0.05) is 12.7 Å². The lowest BCUT2D eigenvalue weighted by atomic mass is 10.0. The van der Waals surface area contributed by atoms with E-state index in [0.717, 1.165) is 16.7 Å². The minimum Gasteiger partial charge on any atom is -0.496 e. The number of aromatic nitrogens is 2. The van der Waals surface area contributed by atoms with Gasteiger partial charge in [-0.2, -0.15) is 5.10 Å². The lowest BCUT2D eigenvalue weighted by Crippen LogP contribution is -1.99. The molecule has 1 aromatic carbocycles. The van der Waals surface area contributed by atoms with E-state index in [2.05, 4.69) is 10.2 Å². The molecule has 3 N–H and O–H groups in total. The van der Waals surface area contributed by atoms with E-state index in [-0.39, 0.29) is 0 Å². The number of benzene rings is 1. The van der Waals surface area contributed by atoms with Gasteiger partial charge in [-0.3, -0.25) is 5.10 Å². The van der Waals surface area contributed by atoms with Crippen LogP contribution < -0.4 is 15.2 Å². The largest absolute Gasteiger partial charge is 0.496 e. The van der Waals surface area contributed by atoms with Crippen LogP contribution >= 0.6 is 0 Å². The van der Waals surface area contributed by atoms with Gasteiger partial charge >= 0.3 is 0 Å². The van der Waals surface area contributed by atoms with E-state index in [1.807, 2.05) is 12.1 Å². The first-order valence-corrected chi connectivity index (χ1v) is 5.74. The normalized spacial score (nSPS) is 10.5. The second-order valence-corrected chi connectivity index (χ2v) is 3.99. The van der Waals surface area contributed by atoms with Crippen LogP contribution in [-0.4, -0.2) is 31.5 Å². The van der Waals surface area contributed by atoms with Crippen molar-refractivity contribution in [1.82, 2.24) is 10.2 Å². The highest BCUT2D eigenvalue weighted by molar-refractivity contribution is 5.76. The van der Waals surface area contributed by atoms with E-state index < -0.39 is 0 Å². The zero-order valence-electron chi connectivity index (χ0n) is 11.2. The second kappa shape index (κ2) is 5.62. The fourth-order valence-electron chi connectivity index (χ4n) is 1.95. The summed E-state index contributed by atoms with van der Waals surface area (Å²) in [6.07, 6.45) is 1.67. The van der Waals surface area contributed by atoms with Gasteiger partial charge in [0.1, 0.15) is 17.3 Å². The molecule has 19 heavy (non-hydrogen) atoms. The molecule has 6 nitrogen and oxygen atoms in total. The number of H-pyrrole nitrogens is 1. The van der Waals surface area contributed by atoms with E-state index in [9.17, 15) is 0 Å². The predicted octanol–water partition coefficient (Wildman–Crippen LogP) is 1.82. The number of ether oxygens (including phenoxy) is 3. The van der Waals surface area contributed by atoms with Crippen molar-refractivity contribution in [2.45, 2.75) is 6.61 Å². The Morgan fingerprint density at radius 3 is 2.21 bits per heavy atom. The van der Waals surface area contributed by atoms with E-state index in [1.165, 1.54) is 0 Å². The Bertz CT molecular complexity index is 541. The Balaban J connectivity index is 2.56. The number of aromatic amines is 1. The summed E-state index contributed by atoms with van der Waals surface area (Å²) in [5.41, 5.74) is 8.37. The van der Waals surface area contributed by atoms with E-state index in [0.29, 0.717) is 23.9 Å². The molecular weight excluding hydrogens is 246 g/mol. The zero-order valence-corrected chi connectivity index (χ0v) is 11.2. The number of nitrogens with one attached hydrogen (secondary N) is 1. The van der Waals surface area contributed by atoms with Gasteiger partial charge in [-0.15, -0.1) is 0 Å². The van der Waals surface area contributed by atoms with Crippen molar-refractivity contribution in [1.29, 1.82) is 0 Å². The third kappa shape index (κ3) is 2.48. The van der Waals surface area contributed by atoms with Gasteiger partial charge in [0.25, 0.3) is 0 Å². The average Bonchev–Trinajstić information content (AvgIpc) is 2.85. The summed E-state index contributed by atoms with van der Waals surface area (Å²) < 4.78 is 15.9. The highest BCUT2D eigenvalue weighted by Crippen LogP contribution is 2.36. The van der Waals surface area contributed by atoms with Crippen molar-refractivity contribution in [3.63, 3.8) is 0 Å². The Kier molecular flexibility index (Phi) is 3.91. The minimum atomic E-state index is 0.410. The molecule has 0 unspecified atom stereocenters. The molecule has 0 aliphatic rings. The molecule has 1 heterocycles. The molecule has 1 aromatic heterocycles. The summed E-state index contributed by atoms with van der Waals surface area (Å²) in [7, 11) is 4.84. The first kappa shape index (κ1) is 13.2. The number of hydrogen-bond acceptors (Lipinski definition) is 5. The molecule has 0 bridgehead atoms. The van der Waals surface area contributed by atoms with Crippen molar-refractivity contribution >= 4 is 5.82 Å². The van der Waals surface area contributed by atoms with Gasteiger partial charge in [-0.05, 0) is 17.7 Å². The van der Waals surface area contributed by atoms with Crippen LogP contribution in [-0.2, 0) is 11.3 Å². The Hall–Kier alpha value is -2.21. The fourth-order valence-corrected chi connectivity index (χ4v) is 1.95. The van der Waals surface area contributed by atoms with Gasteiger partial charge in [-0.1, -0.05) is 0 Å². The summed E-state index contributed by atoms with van der Waals surface area (Å²) in [6.45, 7) is 0.410. The molecule has 0 saturated carbocycles. The van der Waals surface area contributed by atoms with Gasteiger partial charge in [0.05, 0.1) is 32.6 Å². The summed E-state index contributed by atoms with van der Waals surface area (Å²) >= 11 is 0. The van der Waals surface area contributed by atoms with E-state index >= 15 is 0 Å². The number of rotatable bonds is 5. The van der Waals surface area contributed by atoms with Crippen LogP contribution in [0.25, 0.3) is 11.1 Å². The van der Waals surface area contributed by atoms with E-state index in [1.54, 1.807) is 27.5 Å². The van der Waals surface area contributed by atoms with Gasteiger partial charge in [-0.25, -0.2) is 0 Å². The van der Waals surface area contributed by atoms with Crippen LogP contribution in [0.15, 0.2) is 18.3 Å². The smallest absolute Gasteiger partial charge is 0.128 e. The first-order chi connectivity index (χ1) is 9.21. The van der Waals surface area contributed by atoms with Crippen molar-refractivity contribution in [3.05, 3.63) is 23.9 Å². The molecule has 2 rings (SSSR count). The molecule has 2 aromatic rings. The maximum atomic E-state index is 5.83. The van der Waals surface area contributed by atoms with Crippen LogP contribution in [0.5, 0.6) is 11.5 Å². The standard InChI is InChI=1S/C13H17N3O3/c1-17-7-10-11(18-2)4-8(5-12(10)19-3)9-6-15-16-13(9)14/h4-6H,7H2,1-3H3,(H3,14,15,16). The van der Waals surface area contributed by atoms with Gasteiger partial charge in [0.2, 0.25) is 0 Å². The molecule has 0 atom stereocenters. The number of nitrogens with two attached hydrogens (primary N) is 1. The number of methoxy groups -OCH3 is 3. The van der Waals surface area contributed by atoms with Gasteiger partial charge < -0.3 is 19.9 Å². The lowest BCUT2D eigenvalue weighted by molar-refractivity contribution is 0.178. The highest BCUT2D eigenvalue weighted by atomic mass is 16.5. The number of nitrogens with zero attached hydrogens (tertiary/aromatic N) is 1. The first-order valence-electron chi connectivity index (χ1n) is 5.74. The lowest BCUT2D eigenvalue weighted by Gasteiger charge is -2.14. The minimum absolute atomic E-state index is 0.410. The van der Waals surface area contributed by atoms with Crippen LogP contribution in [0.2, 0.25) is 0 Å². The zero-order chi connectivity index (χ0) is 13.8. The SMILES string of the molecule is COCc1c(OC)cc(-c2cn[nH]c2N)cc1OC. The second-order valence-electron chi connectivity index (χ2n) is 3.99. The summed E-state index contributed by atoms with van der Waals surface area (Å²) in [5, 5.41) is 6.61. The molecule has 0 saturated heterocycles.